The summed E-state index contributed by atoms with van der Waals surface area (Å²) in [5.41, 5.74) is 1.74. The highest BCUT2D eigenvalue weighted by Crippen LogP contribution is 2.14. The van der Waals surface area contributed by atoms with Crippen molar-refractivity contribution >= 4 is 11.7 Å². The molecule has 1 atom stereocenters. The molecule has 2 aromatic rings. The van der Waals surface area contributed by atoms with Gasteiger partial charge in [-0.2, -0.15) is 0 Å². The van der Waals surface area contributed by atoms with Crippen molar-refractivity contribution in [2.45, 2.75) is 13.5 Å². The van der Waals surface area contributed by atoms with E-state index in [1.807, 2.05) is 49.3 Å². The average molecular weight is 327 g/mol. The number of rotatable bonds is 8. The fourth-order valence-corrected chi connectivity index (χ4v) is 2.30. The normalized spacial score (nSPS) is 11.8. The zero-order valence-corrected chi connectivity index (χ0v) is 14.5. The van der Waals surface area contributed by atoms with Crippen LogP contribution in [0.15, 0.2) is 48.7 Å². The van der Waals surface area contributed by atoms with Crippen molar-refractivity contribution in [3.05, 3.63) is 59.8 Å². The van der Waals surface area contributed by atoms with Crippen LogP contribution < -0.4 is 10.2 Å². The van der Waals surface area contributed by atoms with Gasteiger partial charge >= 0.3 is 0 Å². The molecule has 0 saturated carbocycles. The van der Waals surface area contributed by atoms with E-state index in [1.54, 1.807) is 18.3 Å². The van der Waals surface area contributed by atoms with Gasteiger partial charge in [0.15, 0.2) is 0 Å². The van der Waals surface area contributed by atoms with Gasteiger partial charge in [0.1, 0.15) is 5.82 Å². The molecule has 0 radical (unpaired) electrons. The summed E-state index contributed by atoms with van der Waals surface area (Å²) in [7, 11) is 3.75. The highest BCUT2D eigenvalue weighted by atomic mass is 16.5. The van der Waals surface area contributed by atoms with Crippen molar-refractivity contribution in [2.24, 2.45) is 5.92 Å². The number of aromatic nitrogens is 1. The van der Waals surface area contributed by atoms with E-state index in [0.717, 1.165) is 5.56 Å². The predicted molar refractivity (Wildman–Crippen MR) is 96.2 cm³/mol. The number of carbonyl (C=O) groups excluding carboxylic acids is 1. The quantitative estimate of drug-likeness (QED) is 0.810. The highest BCUT2D eigenvalue weighted by molar-refractivity contribution is 5.98. The summed E-state index contributed by atoms with van der Waals surface area (Å²) in [6, 6.07) is 13.6. The predicted octanol–water partition coefficient (Wildman–Crippen LogP) is 2.73. The van der Waals surface area contributed by atoms with Crippen molar-refractivity contribution in [1.82, 2.24) is 10.3 Å². The van der Waals surface area contributed by atoms with Gasteiger partial charge < -0.3 is 15.0 Å². The Morgan fingerprint density at radius 3 is 2.67 bits per heavy atom. The number of anilines is 1. The maximum Gasteiger partial charge on any atom is 0.255 e. The highest BCUT2D eigenvalue weighted by Gasteiger charge is 2.14. The zero-order valence-electron chi connectivity index (χ0n) is 14.5. The Kier molecular flexibility index (Phi) is 6.75. The van der Waals surface area contributed by atoms with Crippen LogP contribution in [0.5, 0.6) is 0 Å². The SMILES string of the molecule is CC(CNC(=O)c1cccnc1N(C)C)COCc1ccccc1. The monoisotopic (exact) mass is 327 g/mol. The summed E-state index contributed by atoms with van der Waals surface area (Å²) in [6.07, 6.45) is 1.69. The first-order valence-corrected chi connectivity index (χ1v) is 8.10. The van der Waals surface area contributed by atoms with Crippen LogP contribution in [-0.2, 0) is 11.3 Å². The fraction of sp³-hybridized carbons (Fsp3) is 0.368. The minimum absolute atomic E-state index is 0.110. The molecule has 128 valence electrons. The summed E-state index contributed by atoms with van der Waals surface area (Å²) >= 11 is 0. The molecule has 0 aliphatic carbocycles. The molecule has 0 bridgehead atoms. The van der Waals surface area contributed by atoms with Crippen LogP contribution >= 0.6 is 0 Å². The van der Waals surface area contributed by atoms with Crippen molar-refractivity contribution in [3.63, 3.8) is 0 Å². The van der Waals surface area contributed by atoms with Crippen LogP contribution in [0.4, 0.5) is 5.82 Å². The minimum atomic E-state index is -0.110. The number of amides is 1. The van der Waals surface area contributed by atoms with Crippen LogP contribution in [0.2, 0.25) is 0 Å². The Bertz CT molecular complexity index is 644. The molecule has 24 heavy (non-hydrogen) atoms. The van der Waals surface area contributed by atoms with Gasteiger partial charge in [-0.15, -0.1) is 0 Å². The van der Waals surface area contributed by atoms with Gasteiger partial charge in [0, 0.05) is 26.8 Å². The smallest absolute Gasteiger partial charge is 0.255 e. The number of nitrogens with one attached hydrogen (secondary N) is 1. The number of ether oxygens (including phenoxy) is 1. The number of nitrogens with zero attached hydrogens (tertiary/aromatic N) is 2. The maximum absolute atomic E-state index is 12.4. The Hall–Kier alpha value is -2.40. The Morgan fingerprint density at radius 1 is 1.21 bits per heavy atom. The molecule has 1 aromatic heterocycles. The third-order valence-corrected chi connectivity index (χ3v) is 3.58. The van der Waals surface area contributed by atoms with E-state index in [2.05, 4.69) is 17.2 Å². The molecule has 0 saturated heterocycles. The van der Waals surface area contributed by atoms with Gasteiger partial charge in [0.2, 0.25) is 0 Å². The van der Waals surface area contributed by atoms with E-state index in [4.69, 9.17) is 4.74 Å². The number of benzene rings is 1. The van der Waals surface area contributed by atoms with E-state index >= 15 is 0 Å². The Labute approximate surface area is 143 Å². The molecule has 1 heterocycles. The largest absolute Gasteiger partial charge is 0.376 e. The number of carbonyl (C=O) groups is 1. The lowest BCUT2D eigenvalue weighted by Crippen LogP contribution is -2.31. The van der Waals surface area contributed by atoms with Gasteiger partial charge in [0.05, 0.1) is 18.8 Å². The second-order valence-corrected chi connectivity index (χ2v) is 6.08. The molecule has 2 rings (SSSR count). The first kappa shape index (κ1) is 17.9. The molecule has 0 spiro atoms. The van der Waals surface area contributed by atoms with Gasteiger partial charge in [-0.05, 0) is 23.6 Å². The number of hydrogen-bond acceptors (Lipinski definition) is 4. The van der Waals surface area contributed by atoms with E-state index < -0.39 is 0 Å². The summed E-state index contributed by atoms with van der Waals surface area (Å²) in [5.74, 6) is 0.793. The average Bonchev–Trinajstić information content (AvgIpc) is 2.60. The van der Waals surface area contributed by atoms with E-state index in [1.165, 1.54) is 0 Å². The van der Waals surface area contributed by atoms with Crippen molar-refractivity contribution in [3.8, 4) is 0 Å². The molecule has 1 unspecified atom stereocenters. The summed E-state index contributed by atoms with van der Waals surface area (Å²) in [5, 5.41) is 2.96. The molecule has 1 amide bonds. The Morgan fingerprint density at radius 2 is 1.96 bits per heavy atom. The number of pyridine rings is 1. The van der Waals surface area contributed by atoms with Gasteiger partial charge in [-0.1, -0.05) is 37.3 Å². The first-order chi connectivity index (χ1) is 11.6. The summed E-state index contributed by atoms with van der Waals surface area (Å²) in [6.45, 7) is 3.81. The minimum Gasteiger partial charge on any atom is -0.376 e. The lowest BCUT2D eigenvalue weighted by molar-refractivity contribution is 0.0843. The zero-order chi connectivity index (χ0) is 17.4. The third-order valence-electron chi connectivity index (χ3n) is 3.58. The Balaban J connectivity index is 1.77. The topological polar surface area (TPSA) is 54.5 Å². The first-order valence-electron chi connectivity index (χ1n) is 8.10. The molecule has 1 N–H and O–H groups in total. The van der Waals surface area contributed by atoms with Crippen LogP contribution in [-0.4, -0.2) is 38.1 Å². The lowest BCUT2D eigenvalue weighted by atomic mass is 10.1. The second kappa shape index (κ2) is 9.03. The molecule has 0 aliphatic rings. The van der Waals surface area contributed by atoms with Crippen molar-refractivity contribution < 1.29 is 9.53 Å². The van der Waals surface area contributed by atoms with Crippen molar-refractivity contribution in [2.75, 3.05) is 32.1 Å². The second-order valence-electron chi connectivity index (χ2n) is 6.08. The van der Waals surface area contributed by atoms with Crippen LogP contribution in [0, 0.1) is 5.92 Å². The molecule has 5 heteroatoms. The van der Waals surface area contributed by atoms with Crippen LogP contribution in [0.25, 0.3) is 0 Å². The molecule has 5 nitrogen and oxygen atoms in total. The van der Waals surface area contributed by atoms with Gasteiger partial charge in [0.25, 0.3) is 5.91 Å². The summed E-state index contributed by atoms with van der Waals surface area (Å²) < 4.78 is 5.71. The molecule has 1 aromatic carbocycles. The van der Waals surface area contributed by atoms with Gasteiger partial charge in [-0.25, -0.2) is 4.98 Å². The van der Waals surface area contributed by atoms with Crippen LogP contribution in [0.3, 0.4) is 0 Å². The third kappa shape index (κ3) is 5.35. The standard InChI is InChI=1S/C19H25N3O2/c1-15(13-24-14-16-8-5-4-6-9-16)12-21-19(23)17-10-7-11-20-18(17)22(2)3/h4-11,15H,12-14H2,1-3H3,(H,21,23). The van der Waals surface area contributed by atoms with E-state index in [0.29, 0.717) is 31.1 Å². The number of hydrogen-bond donors (Lipinski definition) is 1. The molecule has 0 aliphatic heterocycles. The molecular weight excluding hydrogens is 302 g/mol. The van der Waals surface area contributed by atoms with Gasteiger partial charge in [-0.3, -0.25) is 4.79 Å². The molecular formula is C19H25N3O2. The van der Waals surface area contributed by atoms with Crippen molar-refractivity contribution in [1.29, 1.82) is 0 Å². The molecule has 0 fully saturated rings. The van der Waals surface area contributed by atoms with E-state index in [9.17, 15) is 4.79 Å². The maximum atomic E-state index is 12.4. The van der Waals surface area contributed by atoms with E-state index in [-0.39, 0.29) is 11.8 Å². The lowest BCUT2D eigenvalue weighted by Gasteiger charge is -2.17. The fourth-order valence-electron chi connectivity index (χ4n) is 2.30. The summed E-state index contributed by atoms with van der Waals surface area (Å²) in [4.78, 5) is 18.4. The van der Waals surface area contributed by atoms with Crippen LogP contribution in [0.1, 0.15) is 22.8 Å².